The summed E-state index contributed by atoms with van der Waals surface area (Å²) in [4.78, 5) is 11.4. The van der Waals surface area contributed by atoms with Gasteiger partial charge in [0.25, 0.3) is 5.56 Å². The number of ether oxygens (including phenoxy) is 1. The smallest absolute Gasteiger partial charge is 0.266 e. The molecule has 0 saturated carbocycles. The van der Waals surface area contributed by atoms with Gasteiger partial charge < -0.3 is 4.74 Å². The summed E-state index contributed by atoms with van der Waals surface area (Å²) < 4.78 is 8.85. The van der Waals surface area contributed by atoms with Crippen LogP contribution in [-0.4, -0.2) is 9.36 Å². The van der Waals surface area contributed by atoms with Gasteiger partial charge in [-0.15, -0.1) is 0 Å². The zero-order chi connectivity index (χ0) is 12.4. The molecule has 2 rings (SSSR count). The predicted octanol–water partition coefficient (Wildman–Crippen LogP) is 1.96. The molecule has 0 aliphatic carbocycles. The lowest BCUT2D eigenvalue weighted by molar-refractivity contribution is 0.291. The molecule has 0 N–H and O–H groups in total. The first-order chi connectivity index (χ1) is 8.08. The molecule has 0 bridgehead atoms. The Hall–Kier alpha value is -1.68. The highest BCUT2D eigenvalue weighted by Crippen LogP contribution is 2.16. The molecule has 90 valence electrons. The molecule has 1 aromatic carbocycles. The highest BCUT2D eigenvalue weighted by molar-refractivity contribution is 6.30. The number of halogens is 1. The van der Waals surface area contributed by atoms with Gasteiger partial charge in [0.15, 0.2) is 0 Å². The number of hydrogen-bond acceptors (Lipinski definition) is 2. The van der Waals surface area contributed by atoms with E-state index in [-0.39, 0.29) is 5.56 Å². The van der Waals surface area contributed by atoms with E-state index in [2.05, 4.69) is 0 Å². The third kappa shape index (κ3) is 2.53. The second kappa shape index (κ2) is 4.67. The molecule has 0 atom stereocenters. The molecule has 0 aliphatic rings. The van der Waals surface area contributed by atoms with E-state index in [1.807, 2.05) is 7.05 Å². The van der Waals surface area contributed by atoms with Gasteiger partial charge in [-0.2, -0.15) is 0 Å². The predicted molar refractivity (Wildman–Crippen MR) is 66.4 cm³/mol. The SMILES string of the molecule is Cn1c(COc2ccc(Cl)cc2)cc(=O)n1C. The maximum Gasteiger partial charge on any atom is 0.266 e. The van der Waals surface area contributed by atoms with E-state index < -0.39 is 0 Å². The van der Waals surface area contributed by atoms with Crippen LogP contribution in [0.15, 0.2) is 35.1 Å². The maximum atomic E-state index is 11.4. The Labute approximate surface area is 104 Å². The van der Waals surface area contributed by atoms with Crippen molar-refractivity contribution in [2.75, 3.05) is 0 Å². The van der Waals surface area contributed by atoms with Gasteiger partial charge in [-0.3, -0.25) is 14.2 Å². The molecule has 1 heterocycles. The average molecular weight is 253 g/mol. The van der Waals surface area contributed by atoms with E-state index in [4.69, 9.17) is 16.3 Å². The van der Waals surface area contributed by atoms with Crippen LogP contribution in [0.25, 0.3) is 0 Å². The fourth-order valence-corrected chi connectivity index (χ4v) is 1.62. The highest BCUT2D eigenvalue weighted by Gasteiger charge is 2.05. The Balaban J connectivity index is 2.10. The lowest BCUT2D eigenvalue weighted by Gasteiger charge is -2.08. The largest absolute Gasteiger partial charge is 0.487 e. The Morgan fingerprint density at radius 1 is 1.18 bits per heavy atom. The fraction of sp³-hybridized carbons (Fsp3) is 0.250. The van der Waals surface area contributed by atoms with Crippen molar-refractivity contribution in [1.82, 2.24) is 9.36 Å². The minimum Gasteiger partial charge on any atom is -0.487 e. The second-order valence-electron chi connectivity index (χ2n) is 3.76. The van der Waals surface area contributed by atoms with Gasteiger partial charge in [0.1, 0.15) is 12.4 Å². The Morgan fingerprint density at radius 3 is 2.35 bits per heavy atom. The normalized spacial score (nSPS) is 10.5. The van der Waals surface area contributed by atoms with E-state index in [0.29, 0.717) is 11.6 Å². The van der Waals surface area contributed by atoms with Crippen LogP contribution in [0, 0.1) is 0 Å². The molecule has 5 heteroatoms. The topological polar surface area (TPSA) is 36.2 Å². The Bertz CT molecular complexity index is 569. The van der Waals surface area contributed by atoms with Gasteiger partial charge in [0, 0.05) is 25.2 Å². The minimum absolute atomic E-state index is 0.0396. The van der Waals surface area contributed by atoms with Crippen LogP contribution < -0.4 is 10.3 Å². The van der Waals surface area contributed by atoms with Crippen LogP contribution in [-0.2, 0) is 20.7 Å². The summed E-state index contributed by atoms with van der Waals surface area (Å²) in [6.07, 6.45) is 0. The molecule has 17 heavy (non-hydrogen) atoms. The molecule has 0 unspecified atom stereocenters. The highest BCUT2D eigenvalue weighted by atomic mass is 35.5. The van der Waals surface area contributed by atoms with Gasteiger partial charge in [0.05, 0.1) is 5.69 Å². The van der Waals surface area contributed by atoms with Gasteiger partial charge >= 0.3 is 0 Å². The molecular weight excluding hydrogens is 240 g/mol. The summed E-state index contributed by atoms with van der Waals surface area (Å²) in [6, 6.07) is 8.69. The summed E-state index contributed by atoms with van der Waals surface area (Å²) in [5, 5.41) is 0.671. The van der Waals surface area contributed by atoms with E-state index in [1.54, 1.807) is 42.1 Å². The Kier molecular flexibility index (Phi) is 3.24. The van der Waals surface area contributed by atoms with Gasteiger partial charge in [-0.05, 0) is 24.3 Å². The monoisotopic (exact) mass is 252 g/mol. The average Bonchev–Trinajstić information content (AvgIpc) is 2.56. The second-order valence-corrected chi connectivity index (χ2v) is 4.20. The third-order valence-electron chi connectivity index (χ3n) is 2.68. The number of aromatic nitrogens is 2. The van der Waals surface area contributed by atoms with Crippen molar-refractivity contribution in [3.05, 3.63) is 51.4 Å². The molecule has 0 fully saturated rings. The van der Waals surface area contributed by atoms with Crippen LogP contribution >= 0.6 is 11.6 Å². The van der Waals surface area contributed by atoms with Crippen molar-refractivity contribution in [3.63, 3.8) is 0 Å². The fourth-order valence-electron chi connectivity index (χ4n) is 1.49. The first kappa shape index (κ1) is 11.8. The molecule has 0 radical (unpaired) electrons. The molecule has 0 aliphatic heterocycles. The molecule has 0 amide bonds. The zero-order valence-electron chi connectivity index (χ0n) is 9.68. The van der Waals surface area contributed by atoms with Crippen molar-refractivity contribution in [2.45, 2.75) is 6.61 Å². The number of nitrogens with zero attached hydrogens (tertiary/aromatic N) is 2. The molecule has 0 saturated heterocycles. The van der Waals surface area contributed by atoms with Crippen molar-refractivity contribution in [3.8, 4) is 5.75 Å². The first-order valence-electron chi connectivity index (χ1n) is 5.18. The molecule has 4 nitrogen and oxygen atoms in total. The van der Waals surface area contributed by atoms with E-state index in [1.165, 1.54) is 4.68 Å². The van der Waals surface area contributed by atoms with E-state index in [0.717, 1.165) is 11.4 Å². The zero-order valence-corrected chi connectivity index (χ0v) is 10.4. The van der Waals surface area contributed by atoms with Crippen molar-refractivity contribution < 1.29 is 4.74 Å². The number of hydrogen-bond donors (Lipinski definition) is 0. The molecule has 0 spiro atoms. The van der Waals surface area contributed by atoms with Crippen LogP contribution in [0.5, 0.6) is 5.75 Å². The van der Waals surface area contributed by atoms with Crippen molar-refractivity contribution in [2.24, 2.45) is 14.1 Å². The lowest BCUT2D eigenvalue weighted by Crippen LogP contribution is -2.17. The van der Waals surface area contributed by atoms with Crippen LogP contribution in [0.1, 0.15) is 5.69 Å². The van der Waals surface area contributed by atoms with E-state index in [9.17, 15) is 4.79 Å². The first-order valence-corrected chi connectivity index (χ1v) is 5.56. The number of benzene rings is 1. The summed E-state index contributed by atoms with van der Waals surface area (Å²) in [7, 11) is 3.54. The van der Waals surface area contributed by atoms with Crippen molar-refractivity contribution >= 4 is 11.6 Å². The molecular formula is C12H13ClN2O2. The van der Waals surface area contributed by atoms with Crippen molar-refractivity contribution in [1.29, 1.82) is 0 Å². The lowest BCUT2D eigenvalue weighted by atomic mass is 10.3. The van der Waals surface area contributed by atoms with Crippen LogP contribution in [0.3, 0.4) is 0 Å². The maximum absolute atomic E-state index is 11.4. The minimum atomic E-state index is -0.0396. The van der Waals surface area contributed by atoms with Gasteiger partial charge in [-0.1, -0.05) is 11.6 Å². The van der Waals surface area contributed by atoms with E-state index >= 15 is 0 Å². The third-order valence-corrected chi connectivity index (χ3v) is 2.93. The Morgan fingerprint density at radius 2 is 1.82 bits per heavy atom. The quantitative estimate of drug-likeness (QED) is 0.837. The summed E-state index contributed by atoms with van der Waals surface area (Å²) in [5.74, 6) is 0.728. The summed E-state index contributed by atoms with van der Waals surface area (Å²) >= 11 is 5.77. The van der Waals surface area contributed by atoms with Gasteiger partial charge in [-0.25, -0.2) is 0 Å². The summed E-state index contributed by atoms with van der Waals surface area (Å²) in [6.45, 7) is 0.355. The standard InChI is InChI=1S/C12H13ClN2O2/c1-14-10(7-12(16)15(14)2)8-17-11-5-3-9(13)4-6-11/h3-7H,8H2,1-2H3. The molecule has 1 aromatic heterocycles. The van der Waals surface area contributed by atoms with Gasteiger partial charge in [0.2, 0.25) is 0 Å². The molecule has 2 aromatic rings. The summed E-state index contributed by atoms with van der Waals surface area (Å²) in [5.41, 5.74) is 0.787. The van der Waals surface area contributed by atoms with Crippen LogP contribution in [0.4, 0.5) is 0 Å². The van der Waals surface area contributed by atoms with Crippen LogP contribution in [0.2, 0.25) is 5.02 Å². The number of rotatable bonds is 3.